The third kappa shape index (κ3) is 2.60. The number of H-pyrrole nitrogens is 1. The predicted octanol–water partition coefficient (Wildman–Crippen LogP) is 0.992. The topological polar surface area (TPSA) is 82.1 Å². The number of aromatic amines is 1. The first-order chi connectivity index (χ1) is 8.16. The lowest BCUT2D eigenvalue weighted by Gasteiger charge is -2.15. The summed E-state index contributed by atoms with van der Waals surface area (Å²) in [6.45, 7) is -0.0937. The number of likely N-dealkylation sites (N-methyl/N-ethyl adjacent to an activating group) is 1. The molecule has 2 rings (SSSR count). The molecular formula is C11H12N4O2. The first-order valence-electron chi connectivity index (χ1n) is 5.05. The fraction of sp³-hybridized carbons (Fsp3) is 0.182. The molecule has 0 bridgehead atoms. The average molecular weight is 232 g/mol. The summed E-state index contributed by atoms with van der Waals surface area (Å²) in [7, 11) is 1.68. The largest absolute Gasteiger partial charge is 0.480 e. The Hall–Kier alpha value is -2.37. The van der Waals surface area contributed by atoms with Crippen molar-refractivity contribution in [3.05, 3.63) is 30.9 Å². The number of hydrogen-bond donors (Lipinski definition) is 2. The molecule has 2 heterocycles. The second-order valence-corrected chi connectivity index (χ2v) is 3.61. The Balaban J connectivity index is 2.25. The fourth-order valence-corrected chi connectivity index (χ4v) is 1.48. The molecule has 6 nitrogen and oxygen atoms in total. The maximum atomic E-state index is 10.6. The highest BCUT2D eigenvalue weighted by Gasteiger charge is 2.08. The molecule has 2 aromatic heterocycles. The van der Waals surface area contributed by atoms with Crippen molar-refractivity contribution in [1.29, 1.82) is 0 Å². The van der Waals surface area contributed by atoms with Crippen LogP contribution in [0, 0.1) is 0 Å². The third-order valence-electron chi connectivity index (χ3n) is 2.31. The smallest absolute Gasteiger partial charge is 0.323 e. The molecule has 6 heteroatoms. The lowest BCUT2D eigenvalue weighted by molar-refractivity contribution is -0.135. The van der Waals surface area contributed by atoms with Crippen molar-refractivity contribution in [3.63, 3.8) is 0 Å². The molecule has 0 amide bonds. The van der Waals surface area contributed by atoms with Crippen LogP contribution in [0.15, 0.2) is 30.9 Å². The van der Waals surface area contributed by atoms with Crippen LogP contribution in [0.2, 0.25) is 0 Å². The summed E-state index contributed by atoms with van der Waals surface area (Å²) in [6.07, 6.45) is 5.05. The predicted molar refractivity (Wildman–Crippen MR) is 62.7 cm³/mol. The number of rotatable bonds is 4. The lowest BCUT2D eigenvalue weighted by Crippen LogP contribution is -2.25. The summed E-state index contributed by atoms with van der Waals surface area (Å²) in [6, 6.07) is 3.65. The van der Waals surface area contributed by atoms with E-state index < -0.39 is 5.97 Å². The average Bonchev–Trinajstić information content (AvgIpc) is 2.82. The monoisotopic (exact) mass is 232 g/mol. The van der Waals surface area contributed by atoms with Crippen molar-refractivity contribution in [1.82, 2.24) is 15.0 Å². The van der Waals surface area contributed by atoms with Crippen LogP contribution in [0.4, 0.5) is 5.82 Å². The molecule has 2 aromatic rings. The normalized spacial score (nSPS) is 10.2. The van der Waals surface area contributed by atoms with E-state index in [4.69, 9.17) is 5.11 Å². The van der Waals surface area contributed by atoms with Gasteiger partial charge in [0.15, 0.2) is 0 Å². The number of hydrogen-bond acceptors (Lipinski definition) is 4. The zero-order valence-corrected chi connectivity index (χ0v) is 9.29. The van der Waals surface area contributed by atoms with Crippen molar-refractivity contribution in [2.24, 2.45) is 0 Å². The van der Waals surface area contributed by atoms with Crippen LogP contribution in [0.3, 0.4) is 0 Å². The van der Waals surface area contributed by atoms with Gasteiger partial charge in [-0.1, -0.05) is 0 Å². The van der Waals surface area contributed by atoms with Gasteiger partial charge >= 0.3 is 5.97 Å². The molecule has 0 aliphatic rings. The molecule has 0 aliphatic heterocycles. The van der Waals surface area contributed by atoms with Crippen molar-refractivity contribution in [2.45, 2.75) is 0 Å². The molecule has 0 spiro atoms. The molecule has 0 fully saturated rings. The molecule has 2 N–H and O–H groups in total. The first kappa shape index (κ1) is 11.1. The highest BCUT2D eigenvalue weighted by molar-refractivity contribution is 5.73. The summed E-state index contributed by atoms with van der Waals surface area (Å²) in [5.74, 6) is -0.312. The van der Waals surface area contributed by atoms with Crippen molar-refractivity contribution >= 4 is 11.8 Å². The van der Waals surface area contributed by atoms with Gasteiger partial charge in [0.25, 0.3) is 0 Å². The second kappa shape index (κ2) is 4.65. The number of nitrogens with one attached hydrogen (secondary N) is 1. The van der Waals surface area contributed by atoms with E-state index in [9.17, 15) is 4.79 Å². The van der Waals surface area contributed by atoms with E-state index in [-0.39, 0.29) is 6.54 Å². The van der Waals surface area contributed by atoms with Crippen LogP contribution in [0.1, 0.15) is 0 Å². The number of carboxylic acids is 1. The molecule has 17 heavy (non-hydrogen) atoms. The summed E-state index contributed by atoms with van der Waals surface area (Å²) >= 11 is 0. The molecule has 0 unspecified atom stereocenters. The van der Waals surface area contributed by atoms with Crippen LogP contribution < -0.4 is 4.90 Å². The molecule has 0 aliphatic carbocycles. The Labute approximate surface area is 97.9 Å². The quantitative estimate of drug-likeness (QED) is 0.821. The standard InChI is InChI=1S/C11H12N4O2/c1-15(6-11(16)17)10-4-9(13-7-14-10)8-2-3-12-5-8/h2-5,7,12H,6H2,1H3,(H,16,17). The van der Waals surface area contributed by atoms with E-state index in [1.165, 1.54) is 6.33 Å². The Bertz CT molecular complexity index is 510. The SMILES string of the molecule is CN(CC(=O)O)c1cc(-c2cc[nH]c2)ncn1. The van der Waals surface area contributed by atoms with Gasteiger partial charge in [0, 0.05) is 31.1 Å². The minimum Gasteiger partial charge on any atom is -0.480 e. The summed E-state index contributed by atoms with van der Waals surface area (Å²) in [5.41, 5.74) is 1.70. The van der Waals surface area contributed by atoms with Gasteiger partial charge in [-0.05, 0) is 6.07 Å². The van der Waals surface area contributed by atoms with E-state index in [0.29, 0.717) is 5.82 Å². The molecule has 0 radical (unpaired) electrons. The zero-order chi connectivity index (χ0) is 12.3. The highest BCUT2D eigenvalue weighted by Crippen LogP contribution is 2.19. The van der Waals surface area contributed by atoms with Gasteiger partial charge in [-0.2, -0.15) is 0 Å². The van der Waals surface area contributed by atoms with E-state index in [2.05, 4.69) is 15.0 Å². The number of aromatic nitrogens is 3. The van der Waals surface area contributed by atoms with Gasteiger partial charge in [-0.25, -0.2) is 9.97 Å². The minimum atomic E-state index is -0.894. The van der Waals surface area contributed by atoms with Crippen molar-refractivity contribution in [3.8, 4) is 11.3 Å². The number of aliphatic carboxylic acids is 1. The number of carboxylic acid groups (broad SMARTS) is 1. The number of nitrogens with zero attached hydrogens (tertiary/aromatic N) is 3. The minimum absolute atomic E-state index is 0.0937. The Kier molecular flexibility index (Phi) is 3.04. The highest BCUT2D eigenvalue weighted by atomic mass is 16.4. The van der Waals surface area contributed by atoms with Crippen LogP contribution >= 0.6 is 0 Å². The van der Waals surface area contributed by atoms with Crippen LogP contribution in [0.5, 0.6) is 0 Å². The van der Waals surface area contributed by atoms with E-state index in [1.54, 1.807) is 24.2 Å². The van der Waals surface area contributed by atoms with Crippen LogP contribution in [-0.2, 0) is 4.79 Å². The van der Waals surface area contributed by atoms with Crippen LogP contribution in [-0.4, -0.2) is 39.6 Å². The van der Waals surface area contributed by atoms with Gasteiger partial charge in [0.05, 0.1) is 5.69 Å². The van der Waals surface area contributed by atoms with E-state index in [0.717, 1.165) is 11.3 Å². The van der Waals surface area contributed by atoms with Gasteiger partial charge in [-0.15, -0.1) is 0 Å². The van der Waals surface area contributed by atoms with Gasteiger partial charge in [-0.3, -0.25) is 4.79 Å². The lowest BCUT2D eigenvalue weighted by atomic mass is 10.2. The molecule has 0 saturated heterocycles. The second-order valence-electron chi connectivity index (χ2n) is 3.61. The van der Waals surface area contributed by atoms with E-state index >= 15 is 0 Å². The summed E-state index contributed by atoms with van der Waals surface area (Å²) in [5, 5.41) is 8.71. The van der Waals surface area contributed by atoms with Gasteiger partial charge in [0.2, 0.25) is 0 Å². The van der Waals surface area contributed by atoms with Crippen LogP contribution in [0.25, 0.3) is 11.3 Å². The third-order valence-corrected chi connectivity index (χ3v) is 2.31. The Morgan fingerprint density at radius 2 is 2.35 bits per heavy atom. The molecule has 0 atom stereocenters. The summed E-state index contributed by atoms with van der Waals surface area (Å²) in [4.78, 5) is 23.3. The Morgan fingerprint density at radius 1 is 1.53 bits per heavy atom. The molecular weight excluding hydrogens is 220 g/mol. The van der Waals surface area contributed by atoms with Gasteiger partial charge < -0.3 is 15.0 Å². The number of anilines is 1. The maximum absolute atomic E-state index is 10.6. The molecule has 0 saturated carbocycles. The molecule has 0 aromatic carbocycles. The number of carbonyl (C=O) groups is 1. The first-order valence-corrected chi connectivity index (χ1v) is 5.05. The van der Waals surface area contributed by atoms with Gasteiger partial charge in [0.1, 0.15) is 18.7 Å². The fourth-order valence-electron chi connectivity index (χ4n) is 1.48. The molecule has 88 valence electrons. The Morgan fingerprint density at radius 3 is 3.00 bits per heavy atom. The van der Waals surface area contributed by atoms with E-state index in [1.807, 2.05) is 12.3 Å². The van der Waals surface area contributed by atoms with Crippen molar-refractivity contribution < 1.29 is 9.90 Å². The summed E-state index contributed by atoms with van der Waals surface area (Å²) < 4.78 is 0. The zero-order valence-electron chi connectivity index (χ0n) is 9.29. The maximum Gasteiger partial charge on any atom is 0.323 e. The van der Waals surface area contributed by atoms with Crippen molar-refractivity contribution in [2.75, 3.05) is 18.5 Å².